The minimum atomic E-state index is -0.792. The fourth-order valence-corrected chi connectivity index (χ4v) is 6.77. The summed E-state index contributed by atoms with van der Waals surface area (Å²) in [6, 6.07) is 12.0. The number of carbonyl (C=O) groups excluding carboxylic acids is 3. The zero-order valence-electron chi connectivity index (χ0n) is 19.8. The zero-order chi connectivity index (χ0) is 24.4. The van der Waals surface area contributed by atoms with Gasteiger partial charge in [0.15, 0.2) is 11.5 Å². The standard InChI is InChI=1S/C28H27N3O5/c32-26(29-17-10-11-20-21(14-17)36-15-35-20)25-23-22(24-19-9-5-4-6-16(19)12-13-30(24)25)27(33)31(28(23)34)18-7-2-1-3-8-18/h4-6,9-14,18,22-25H,1-3,7-8,15H2,(H,29,32)/t22-,23+,24?,25-/m0/s1. The lowest BCUT2D eigenvalue weighted by molar-refractivity contribution is -0.146. The molecule has 1 N–H and O–H groups in total. The van der Waals surface area contributed by atoms with E-state index in [1.807, 2.05) is 41.4 Å². The summed E-state index contributed by atoms with van der Waals surface area (Å²) in [7, 11) is 0. The van der Waals surface area contributed by atoms with Crippen LogP contribution in [-0.2, 0) is 14.4 Å². The molecule has 3 amide bonds. The van der Waals surface area contributed by atoms with E-state index >= 15 is 0 Å². The number of imide groups is 1. The molecule has 0 aromatic heterocycles. The molecule has 36 heavy (non-hydrogen) atoms. The second-order valence-electron chi connectivity index (χ2n) is 10.2. The van der Waals surface area contributed by atoms with E-state index in [0.717, 1.165) is 43.2 Å². The summed E-state index contributed by atoms with van der Waals surface area (Å²) in [6.45, 7) is 0.145. The van der Waals surface area contributed by atoms with Gasteiger partial charge in [-0.2, -0.15) is 0 Å². The van der Waals surface area contributed by atoms with Crippen LogP contribution < -0.4 is 14.8 Å². The van der Waals surface area contributed by atoms with Gasteiger partial charge in [-0.05, 0) is 42.2 Å². The molecule has 1 saturated carbocycles. The van der Waals surface area contributed by atoms with Crippen molar-refractivity contribution in [1.82, 2.24) is 9.80 Å². The molecule has 4 heterocycles. The molecule has 184 valence electrons. The monoisotopic (exact) mass is 485 g/mol. The Morgan fingerprint density at radius 3 is 2.56 bits per heavy atom. The first-order valence-electron chi connectivity index (χ1n) is 12.7. The second-order valence-corrected chi connectivity index (χ2v) is 10.2. The Kier molecular flexibility index (Phi) is 4.84. The van der Waals surface area contributed by atoms with Gasteiger partial charge in [0.1, 0.15) is 6.04 Å². The zero-order valence-corrected chi connectivity index (χ0v) is 19.8. The molecule has 2 saturated heterocycles. The Morgan fingerprint density at radius 1 is 0.917 bits per heavy atom. The van der Waals surface area contributed by atoms with E-state index < -0.39 is 17.9 Å². The molecular weight excluding hydrogens is 458 g/mol. The maximum atomic E-state index is 13.9. The maximum absolute atomic E-state index is 13.9. The Bertz CT molecular complexity index is 1300. The molecule has 1 unspecified atom stereocenters. The van der Waals surface area contributed by atoms with Gasteiger partial charge in [-0.15, -0.1) is 0 Å². The summed E-state index contributed by atoms with van der Waals surface area (Å²) < 4.78 is 10.8. The summed E-state index contributed by atoms with van der Waals surface area (Å²) in [5, 5.41) is 2.98. The molecular formula is C28H27N3O5. The number of benzene rings is 2. The van der Waals surface area contributed by atoms with Crippen molar-refractivity contribution in [2.45, 2.75) is 50.2 Å². The van der Waals surface area contributed by atoms with E-state index in [2.05, 4.69) is 5.32 Å². The Hall–Kier alpha value is -3.81. The first-order chi connectivity index (χ1) is 17.6. The number of nitrogens with zero attached hydrogens (tertiary/aromatic N) is 2. The van der Waals surface area contributed by atoms with Gasteiger partial charge in [-0.1, -0.05) is 43.5 Å². The van der Waals surface area contributed by atoms with E-state index in [4.69, 9.17) is 9.47 Å². The molecule has 2 aromatic rings. The summed E-state index contributed by atoms with van der Waals surface area (Å²) in [6.07, 6.45) is 8.70. The number of carbonyl (C=O) groups is 3. The Labute approximate surface area is 208 Å². The molecule has 1 aliphatic carbocycles. The van der Waals surface area contributed by atoms with Gasteiger partial charge < -0.3 is 19.7 Å². The first kappa shape index (κ1) is 21.5. The topological polar surface area (TPSA) is 88.2 Å². The third-order valence-corrected chi connectivity index (χ3v) is 8.34. The summed E-state index contributed by atoms with van der Waals surface area (Å²) in [4.78, 5) is 45.1. The second kappa shape index (κ2) is 8.11. The lowest BCUT2D eigenvalue weighted by atomic mass is 9.84. The minimum Gasteiger partial charge on any atom is -0.454 e. The molecule has 0 spiro atoms. The summed E-state index contributed by atoms with van der Waals surface area (Å²) in [5.41, 5.74) is 2.57. The van der Waals surface area contributed by atoms with Gasteiger partial charge in [-0.25, -0.2) is 0 Å². The van der Waals surface area contributed by atoms with Crippen molar-refractivity contribution < 1.29 is 23.9 Å². The van der Waals surface area contributed by atoms with Gasteiger partial charge in [0.2, 0.25) is 24.5 Å². The summed E-state index contributed by atoms with van der Waals surface area (Å²) >= 11 is 0. The molecule has 5 aliphatic rings. The van der Waals surface area contributed by atoms with Crippen molar-refractivity contribution in [3.63, 3.8) is 0 Å². The van der Waals surface area contributed by atoms with Crippen LogP contribution in [0.3, 0.4) is 0 Å². The van der Waals surface area contributed by atoms with Gasteiger partial charge in [0.25, 0.3) is 0 Å². The van der Waals surface area contributed by atoms with Crippen LogP contribution >= 0.6 is 0 Å². The van der Waals surface area contributed by atoms with Crippen molar-refractivity contribution in [1.29, 1.82) is 0 Å². The largest absolute Gasteiger partial charge is 0.454 e. The van der Waals surface area contributed by atoms with Crippen LogP contribution in [0.1, 0.15) is 49.3 Å². The quantitative estimate of drug-likeness (QED) is 0.667. The number of anilines is 1. The number of nitrogens with one attached hydrogen (secondary N) is 1. The maximum Gasteiger partial charge on any atom is 0.247 e. The van der Waals surface area contributed by atoms with E-state index in [-0.39, 0.29) is 36.6 Å². The predicted octanol–water partition coefficient (Wildman–Crippen LogP) is 3.70. The van der Waals surface area contributed by atoms with E-state index in [0.29, 0.717) is 17.2 Å². The number of hydrogen-bond acceptors (Lipinski definition) is 6. The van der Waals surface area contributed by atoms with E-state index in [9.17, 15) is 14.4 Å². The van der Waals surface area contributed by atoms with Crippen molar-refractivity contribution >= 4 is 29.5 Å². The van der Waals surface area contributed by atoms with Crippen LogP contribution in [0.4, 0.5) is 5.69 Å². The third kappa shape index (κ3) is 3.09. The number of likely N-dealkylation sites (tertiary alicyclic amines) is 1. The van der Waals surface area contributed by atoms with Gasteiger partial charge in [0, 0.05) is 24.0 Å². The minimum absolute atomic E-state index is 0.0650. The SMILES string of the molecule is O=C(Nc1ccc2c(c1)OCO2)[C@@H]1[C@@H]2C(=O)N(C3CCCCC3)C(=O)[C@@H]2C2c3ccccc3C=CN21. The van der Waals surface area contributed by atoms with Crippen LogP contribution in [0.2, 0.25) is 0 Å². The van der Waals surface area contributed by atoms with Gasteiger partial charge >= 0.3 is 0 Å². The first-order valence-corrected chi connectivity index (χ1v) is 12.7. The molecule has 0 radical (unpaired) electrons. The molecule has 7 rings (SSSR count). The highest BCUT2D eigenvalue weighted by atomic mass is 16.7. The third-order valence-electron chi connectivity index (χ3n) is 8.34. The molecule has 4 aliphatic heterocycles. The number of hydrogen-bond donors (Lipinski definition) is 1. The highest BCUT2D eigenvalue weighted by Crippen LogP contribution is 2.53. The van der Waals surface area contributed by atoms with Crippen LogP contribution in [0.5, 0.6) is 11.5 Å². The molecule has 8 nitrogen and oxygen atoms in total. The molecule has 2 aromatic carbocycles. The highest BCUT2D eigenvalue weighted by Gasteiger charge is 2.65. The van der Waals surface area contributed by atoms with Crippen molar-refractivity contribution in [3.8, 4) is 11.5 Å². The van der Waals surface area contributed by atoms with Crippen LogP contribution in [0, 0.1) is 11.8 Å². The normalized spacial score (nSPS) is 28.2. The molecule has 4 atom stereocenters. The van der Waals surface area contributed by atoms with E-state index in [1.165, 1.54) is 4.90 Å². The predicted molar refractivity (Wildman–Crippen MR) is 131 cm³/mol. The fourth-order valence-electron chi connectivity index (χ4n) is 6.77. The summed E-state index contributed by atoms with van der Waals surface area (Å²) in [5.74, 6) is -0.755. The average Bonchev–Trinajstić information content (AvgIpc) is 3.57. The van der Waals surface area contributed by atoms with Crippen LogP contribution in [-0.4, -0.2) is 46.4 Å². The van der Waals surface area contributed by atoms with Gasteiger partial charge in [-0.3, -0.25) is 19.3 Å². The lowest BCUT2D eigenvalue weighted by Gasteiger charge is -2.37. The average molecular weight is 486 g/mol. The van der Waals surface area contributed by atoms with Crippen molar-refractivity contribution in [2.75, 3.05) is 12.1 Å². The highest BCUT2D eigenvalue weighted by molar-refractivity contribution is 6.11. The number of amides is 3. The smallest absolute Gasteiger partial charge is 0.247 e. The van der Waals surface area contributed by atoms with Crippen molar-refractivity contribution in [3.05, 3.63) is 59.8 Å². The van der Waals surface area contributed by atoms with Gasteiger partial charge in [0.05, 0.1) is 17.9 Å². The fraction of sp³-hybridized carbons (Fsp3) is 0.393. The molecule has 8 heteroatoms. The number of ether oxygens (including phenoxy) is 2. The Balaban J connectivity index is 1.27. The Morgan fingerprint density at radius 2 is 1.69 bits per heavy atom. The van der Waals surface area contributed by atoms with Crippen LogP contribution in [0.25, 0.3) is 6.08 Å². The lowest BCUT2D eigenvalue weighted by Crippen LogP contribution is -2.49. The molecule has 0 bridgehead atoms. The molecule has 3 fully saturated rings. The van der Waals surface area contributed by atoms with Crippen molar-refractivity contribution in [2.24, 2.45) is 11.8 Å². The van der Waals surface area contributed by atoms with E-state index in [1.54, 1.807) is 18.2 Å². The number of rotatable bonds is 3. The number of fused-ring (bicyclic) bond motifs is 6. The van der Waals surface area contributed by atoms with Crippen LogP contribution in [0.15, 0.2) is 48.7 Å².